The molecule has 2 saturated carbocycles. The Morgan fingerprint density at radius 3 is 2.19 bits per heavy atom. The Bertz CT molecular complexity index is 246. The lowest BCUT2D eigenvalue weighted by atomic mass is 9.75. The van der Waals surface area contributed by atoms with Gasteiger partial charge in [0.15, 0.2) is 0 Å². The van der Waals surface area contributed by atoms with E-state index in [2.05, 4.69) is 18.7 Å². The first kappa shape index (κ1) is 11.1. The summed E-state index contributed by atoms with van der Waals surface area (Å²) in [5.74, 6) is 1.95. The van der Waals surface area contributed by atoms with E-state index in [0.29, 0.717) is 0 Å². The molecule has 0 N–H and O–H groups in total. The average molecular weight is 221 g/mol. The lowest BCUT2D eigenvalue weighted by Crippen LogP contribution is -2.40. The molecule has 3 fully saturated rings. The maximum atomic E-state index is 2.77. The first-order valence-electron chi connectivity index (χ1n) is 7.43. The molecule has 0 radical (unpaired) electrons. The monoisotopic (exact) mass is 221 g/mol. The minimum absolute atomic E-state index is 0.778. The smallest absolute Gasteiger partial charge is 0.00964 e. The molecule has 1 atom stereocenters. The van der Waals surface area contributed by atoms with Crippen LogP contribution in [0.15, 0.2) is 0 Å². The van der Waals surface area contributed by atoms with Crippen LogP contribution in [0.3, 0.4) is 0 Å². The van der Waals surface area contributed by atoms with Gasteiger partial charge in [0.05, 0.1) is 0 Å². The molecule has 92 valence electrons. The largest absolute Gasteiger partial charge is 0.300 e. The highest BCUT2D eigenvalue weighted by Crippen LogP contribution is 2.51. The van der Waals surface area contributed by atoms with E-state index in [1.165, 1.54) is 51.6 Å². The highest BCUT2D eigenvalue weighted by atomic mass is 15.2. The second kappa shape index (κ2) is 4.01. The molecule has 16 heavy (non-hydrogen) atoms. The van der Waals surface area contributed by atoms with Gasteiger partial charge in [-0.15, -0.1) is 0 Å². The molecule has 0 bridgehead atoms. The van der Waals surface area contributed by atoms with E-state index >= 15 is 0 Å². The zero-order chi connectivity index (χ0) is 11.2. The van der Waals surface area contributed by atoms with Crippen molar-refractivity contribution in [1.82, 2.24) is 4.90 Å². The van der Waals surface area contributed by atoms with Gasteiger partial charge >= 0.3 is 0 Å². The van der Waals surface area contributed by atoms with Gasteiger partial charge in [-0.1, -0.05) is 13.8 Å². The van der Waals surface area contributed by atoms with Crippen molar-refractivity contribution in [1.29, 1.82) is 0 Å². The summed E-state index contributed by atoms with van der Waals surface area (Å²) < 4.78 is 0. The van der Waals surface area contributed by atoms with Gasteiger partial charge in [0.2, 0.25) is 0 Å². The lowest BCUT2D eigenvalue weighted by molar-refractivity contribution is 0.0971. The molecule has 3 aliphatic rings. The standard InChI is InChI=1S/C15H27N/c1-12(2)13-5-6-15(11-13)7-9-16(10-8-15)14-3-4-14/h12-14H,3-11H2,1-2H3. The predicted molar refractivity (Wildman–Crippen MR) is 68.4 cm³/mol. The summed E-state index contributed by atoms with van der Waals surface area (Å²) in [6, 6.07) is 1.000. The van der Waals surface area contributed by atoms with Crippen LogP contribution in [0.5, 0.6) is 0 Å². The summed E-state index contributed by atoms with van der Waals surface area (Å²) in [5, 5.41) is 0. The van der Waals surface area contributed by atoms with Crippen molar-refractivity contribution in [2.45, 2.75) is 64.8 Å². The minimum atomic E-state index is 0.778. The van der Waals surface area contributed by atoms with Crippen LogP contribution in [0.25, 0.3) is 0 Å². The second-order valence-electron chi connectivity index (χ2n) is 7.01. The topological polar surface area (TPSA) is 3.24 Å². The molecule has 1 heteroatoms. The van der Waals surface area contributed by atoms with Crippen LogP contribution < -0.4 is 0 Å². The Kier molecular flexibility index (Phi) is 2.78. The van der Waals surface area contributed by atoms with Gasteiger partial charge in [-0.05, 0) is 75.3 Å². The van der Waals surface area contributed by atoms with Gasteiger partial charge in [-0.25, -0.2) is 0 Å². The van der Waals surface area contributed by atoms with Crippen molar-refractivity contribution in [3.63, 3.8) is 0 Å². The Morgan fingerprint density at radius 1 is 1.00 bits per heavy atom. The highest BCUT2D eigenvalue weighted by Gasteiger charge is 2.43. The van der Waals surface area contributed by atoms with E-state index in [4.69, 9.17) is 0 Å². The summed E-state index contributed by atoms with van der Waals surface area (Å²) in [6.07, 6.45) is 10.6. The summed E-state index contributed by atoms with van der Waals surface area (Å²) in [4.78, 5) is 2.77. The Labute approximate surface area is 101 Å². The maximum Gasteiger partial charge on any atom is 0.00964 e. The molecule has 1 saturated heterocycles. The van der Waals surface area contributed by atoms with E-state index in [0.717, 1.165) is 23.3 Å². The van der Waals surface area contributed by atoms with Gasteiger partial charge in [-0.2, -0.15) is 0 Å². The summed E-state index contributed by atoms with van der Waals surface area (Å²) in [7, 11) is 0. The van der Waals surface area contributed by atoms with Crippen molar-refractivity contribution >= 4 is 0 Å². The lowest BCUT2D eigenvalue weighted by Gasteiger charge is -2.40. The molecule has 1 aliphatic heterocycles. The molecular formula is C15H27N. The third-order valence-electron chi connectivity index (χ3n) is 5.61. The van der Waals surface area contributed by atoms with Crippen molar-refractivity contribution in [2.24, 2.45) is 17.3 Å². The van der Waals surface area contributed by atoms with E-state index in [1.807, 2.05) is 0 Å². The molecular weight excluding hydrogens is 194 g/mol. The van der Waals surface area contributed by atoms with Crippen LogP contribution in [0.1, 0.15) is 58.8 Å². The molecule has 1 spiro atoms. The van der Waals surface area contributed by atoms with Crippen molar-refractivity contribution in [3.05, 3.63) is 0 Å². The summed E-state index contributed by atoms with van der Waals surface area (Å²) >= 11 is 0. The number of likely N-dealkylation sites (tertiary alicyclic amines) is 1. The van der Waals surface area contributed by atoms with Gasteiger partial charge in [0.25, 0.3) is 0 Å². The van der Waals surface area contributed by atoms with E-state index in [9.17, 15) is 0 Å². The Hall–Kier alpha value is -0.0400. The van der Waals surface area contributed by atoms with Crippen LogP contribution >= 0.6 is 0 Å². The van der Waals surface area contributed by atoms with Crippen LogP contribution in [-0.4, -0.2) is 24.0 Å². The molecule has 1 nitrogen and oxygen atoms in total. The molecule has 1 heterocycles. The number of nitrogens with zero attached hydrogens (tertiary/aromatic N) is 1. The fraction of sp³-hybridized carbons (Fsp3) is 1.00. The Morgan fingerprint density at radius 2 is 1.69 bits per heavy atom. The van der Waals surface area contributed by atoms with Crippen LogP contribution in [-0.2, 0) is 0 Å². The number of hydrogen-bond donors (Lipinski definition) is 0. The van der Waals surface area contributed by atoms with Crippen LogP contribution in [0, 0.1) is 17.3 Å². The SMILES string of the molecule is CC(C)C1CCC2(CCN(C3CC3)CC2)C1. The minimum Gasteiger partial charge on any atom is -0.300 e. The van der Waals surface area contributed by atoms with Crippen molar-refractivity contribution in [3.8, 4) is 0 Å². The van der Waals surface area contributed by atoms with Gasteiger partial charge < -0.3 is 4.90 Å². The summed E-state index contributed by atoms with van der Waals surface area (Å²) in [6.45, 7) is 7.66. The van der Waals surface area contributed by atoms with E-state index in [-0.39, 0.29) is 0 Å². The van der Waals surface area contributed by atoms with Gasteiger partial charge in [-0.3, -0.25) is 0 Å². The third-order valence-corrected chi connectivity index (χ3v) is 5.61. The normalized spacial score (nSPS) is 35.1. The molecule has 3 rings (SSSR count). The maximum absolute atomic E-state index is 2.77. The number of piperidine rings is 1. The van der Waals surface area contributed by atoms with Crippen molar-refractivity contribution < 1.29 is 0 Å². The highest BCUT2D eigenvalue weighted by molar-refractivity contribution is 4.96. The molecule has 0 aromatic carbocycles. The fourth-order valence-corrected chi connectivity index (χ4v) is 4.08. The number of rotatable bonds is 2. The van der Waals surface area contributed by atoms with Gasteiger partial charge in [0.1, 0.15) is 0 Å². The van der Waals surface area contributed by atoms with E-state index in [1.54, 1.807) is 6.42 Å². The molecule has 1 unspecified atom stereocenters. The average Bonchev–Trinajstić information content (AvgIpc) is 3.03. The fourth-order valence-electron chi connectivity index (χ4n) is 4.08. The molecule has 0 amide bonds. The zero-order valence-electron chi connectivity index (χ0n) is 11.0. The van der Waals surface area contributed by atoms with E-state index < -0.39 is 0 Å². The summed E-state index contributed by atoms with van der Waals surface area (Å²) in [5.41, 5.74) is 0.778. The van der Waals surface area contributed by atoms with Crippen molar-refractivity contribution in [2.75, 3.05) is 13.1 Å². The van der Waals surface area contributed by atoms with Crippen LogP contribution in [0.4, 0.5) is 0 Å². The van der Waals surface area contributed by atoms with Gasteiger partial charge in [0, 0.05) is 6.04 Å². The quantitative estimate of drug-likeness (QED) is 0.687. The Balaban J connectivity index is 1.56. The predicted octanol–water partition coefficient (Wildman–Crippen LogP) is 3.69. The van der Waals surface area contributed by atoms with Crippen LogP contribution in [0.2, 0.25) is 0 Å². The third kappa shape index (κ3) is 2.03. The molecule has 0 aromatic heterocycles. The molecule has 2 aliphatic carbocycles. The second-order valence-corrected chi connectivity index (χ2v) is 7.01. The zero-order valence-corrected chi connectivity index (χ0v) is 11.0. The number of hydrogen-bond acceptors (Lipinski definition) is 1. The first-order valence-corrected chi connectivity index (χ1v) is 7.43. The molecule has 0 aromatic rings. The first-order chi connectivity index (χ1) is 7.69.